The zero-order valence-corrected chi connectivity index (χ0v) is 17.7. The van der Waals surface area contributed by atoms with Crippen molar-refractivity contribution in [1.82, 2.24) is 24.5 Å². The third-order valence-electron chi connectivity index (χ3n) is 4.84. The number of imidazole rings is 1. The van der Waals surface area contributed by atoms with Crippen molar-refractivity contribution in [1.29, 1.82) is 0 Å². The monoisotopic (exact) mass is 418 g/mol. The Bertz CT molecular complexity index is 1080. The van der Waals surface area contributed by atoms with Gasteiger partial charge in [0.25, 0.3) is 0 Å². The van der Waals surface area contributed by atoms with Crippen molar-refractivity contribution < 1.29 is 13.2 Å². The zero-order valence-electron chi connectivity index (χ0n) is 16.9. The molecule has 0 saturated heterocycles. The molecule has 9 nitrogen and oxygen atoms in total. The lowest BCUT2D eigenvalue weighted by molar-refractivity contribution is 0.109. The number of nitrogen functional groups attached to an aromatic ring is 1. The van der Waals surface area contributed by atoms with E-state index in [9.17, 15) is 8.42 Å². The summed E-state index contributed by atoms with van der Waals surface area (Å²) in [7, 11) is -1.82. The van der Waals surface area contributed by atoms with Gasteiger partial charge < -0.3 is 15.0 Å². The van der Waals surface area contributed by atoms with E-state index in [0.29, 0.717) is 24.3 Å². The number of aromatic nitrogens is 5. The van der Waals surface area contributed by atoms with Crippen LogP contribution in [0.15, 0.2) is 29.8 Å². The normalized spacial score (nSPS) is 13.1. The molecule has 0 radical (unpaired) electrons. The molecular weight excluding hydrogens is 392 g/mol. The molecule has 1 atom stereocenters. The summed E-state index contributed by atoms with van der Waals surface area (Å²) >= 11 is 0. The van der Waals surface area contributed by atoms with Gasteiger partial charge in [-0.15, -0.1) is 0 Å². The summed E-state index contributed by atoms with van der Waals surface area (Å²) in [6.07, 6.45) is 6.48. The Kier molecular flexibility index (Phi) is 6.43. The highest BCUT2D eigenvalue weighted by molar-refractivity contribution is 7.91. The summed E-state index contributed by atoms with van der Waals surface area (Å²) in [6, 6.07) is 1.59. The largest absolute Gasteiger partial charge is 0.382 e. The van der Waals surface area contributed by atoms with Gasteiger partial charge in [-0.1, -0.05) is 6.42 Å². The minimum absolute atomic E-state index is 0.0267. The predicted octanol–water partition coefficient (Wildman–Crippen LogP) is 2.46. The minimum atomic E-state index is -3.45. The smallest absolute Gasteiger partial charge is 0.246 e. The van der Waals surface area contributed by atoms with Crippen molar-refractivity contribution in [2.24, 2.45) is 0 Å². The summed E-state index contributed by atoms with van der Waals surface area (Å²) in [4.78, 5) is 16.5. The van der Waals surface area contributed by atoms with E-state index in [1.165, 1.54) is 12.4 Å². The number of anilines is 1. The molecule has 0 fully saturated rings. The summed E-state index contributed by atoms with van der Waals surface area (Å²) in [6.45, 7) is 4.59. The van der Waals surface area contributed by atoms with Crippen LogP contribution in [0, 0.1) is 6.92 Å². The Hall–Kier alpha value is -2.59. The minimum Gasteiger partial charge on any atom is -0.382 e. The molecule has 3 rings (SSSR count). The fourth-order valence-electron chi connectivity index (χ4n) is 3.26. The molecule has 10 heteroatoms. The Morgan fingerprint density at radius 2 is 1.90 bits per heavy atom. The molecule has 2 N–H and O–H groups in total. The molecule has 3 aromatic heterocycles. The van der Waals surface area contributed by atoms with E-state index in [1.54, 1.807) is 19.4 Å². The average Bonchev–Trinajstić information content (AvgIpc) is 3.11. The first-order valence-electron chi connectivity index (χ1n) is 9.49. The molecule has 0 spiro atoms. The second-order valence-electron chi connectivity index (χ2n) is 6.93. The highest BCUT2D eigenvalue weighted by Gasteiger charge is 2.20. The van der Waals surface area contributed by atoms with Crippen molar-refractivity contribution in [2.75, 3.05) is 18.6 Å². The highest BCUT2D eigenvalue weighted by Crippen LogP contribution is 2.28. The summed E-state index contributed by atoms with van der Waals surface area (Å²) < 4.78 is 32.1. The quantitative estimate of drug-likeness (QED) is 0.415. The van der Waals surface area contributed by atoms with E-state index in [4.69, 9.17) is 10.5 Å². The summed E-state index contributed by atoms with van der Waals surface area (Å²) in [5.41, 5.74) is 8.63. The first-order valence-corrected chi connectivity index (χ1v) is 11.1. The zero-order chi connectivity index (χ0) is 21.0. The second-order valence-corrected chi connectivity index (χ2v) is 8.94. The maximum absolute atomic E-state index is 12.3. The second kappa shape index (κ2) is 8.83. The van der Waals surface area contributed by atoms with Crippen molar-refractivity contribution in [3.63, 3.8) is 0 Å². The average molecular weight is 419 g/mol. The number of fused-ring (bicyclic) bond motifs is 1. The molecule has 0 aromatic carbocycles. The van der Waals surface area contributed by atoms with Crippen molar-refractivity contribution in [2.45, 2.75) is 50.9 Å². The van der Waals surface area contributed by atoms with Crippen LogP contribution < -0.4 is 5.73 Å². The van der Waals surface area contributed by atoms with Gasteiger partial charge in [-0.3, -0.25) is 0 Å². The first kappa shape index (κ1) is 21.1. The maximum atomic E-state index is 12.3. The number of methoxy groups -OCH3 is 1. The molecule has 0 amide bonds. The SMILES string of the molecule is COC(C)c1nc2c(N)ncc(C)c2n1CCCCCS(=O)(=O)c1ncccn1. The van der Waals surface area contributed by atoms with Crippen molar-refractivity contribution >= 4 is 26.7 Å². The molecule has 0 aliphatic rings. The fraction of sp³-hybridized carbons (Fsp3) is 0.474. The number of aryl methyl sites for hydroxylation is 2. The van der Waals surface area contributed by atoms with E-state index >= 15 is 0 Å². The lowest BCUT2D eigenvalue weighted by Gasteiger charge is -2.14. The van der Waals surface area contributed by atoms with Crippen molar-refractivity contribution in [3.05, 3.63) is 36.0 Å². The first-order chi connectivity index (χ1) is 13.8. The molecule has 3 aromatic rings. The standard InChI is InChI=1S/C19H26N6O3S/c1-13-12-23-17(20)15-16(13)25(18(24-15)14(2)28-3)10-5-4-6-11-29(26,27)19-21-8-7-9-22-19/h7-9,12,14H,4-6,10-11H2,1-3H3,(H2,20,23). The summed E-state index contributed by atoms with van der Waals surface area (Å²) in [5, 5.41) is -0.115. The Morgan fingerprint density at radius 1 is 1.17 bits per heavy atom. The number of nitrogens with zero attached hydrogens (tertiary/aromatic N) is 5. The molecule has 0 aliphatic carbocycles. The van der Waals surface area contributed by atoms with Gasteiger partial charge in [-0.2, -0.15) is 0 Å². The van der Waals surface area contributed by atoms with Crippen LogP contribution in [-0.4, -0.2) is 45.8 Å². The summed E-state index contributed by atoms with van der Waals surface area (Å²) in [5.74, 6) is 1.21. The predicted molar refractivity (Wildman–Crippen MR) is 110 cm³/mol. The van der Waals surface area contributed by atoms with Gasteiger partial charge in [-0.05, 0) is 38.3 Å². The van der Waals surface area contributed by atoms with E-state index < -0.39 is 9.84 Å². The van der Waals surface area contributed by atoms with Crippen molar-refractivity contribution in [3.8, 4) is 0 Å². The van der Waals surface area contributed by atoms with Gasteiger partial charge in [0, 0.05) is 32.2 Å². The molecule has 0 bridgehead atoms. The number of hydrogen-bond acceptors (Lipinski definition) is 8. The molecule has 0 aliphatic heterocycles. The van der Waals surface area contributed by atoms with Crippen LogP contribution in [0.5, 0.6) is 0 Å². The number of sulfone groups is 1. The van der Waals surface area contributed by atoms with E-state index in [2.05, 4.69) is 24.5 Å². The van der Waals surface area contributed by atoms with Crippen LogP contribution in [0.4, 0.5) is 5.82 Å². The molecule has 1 unspecified atom stereocenters. The van der Waals surface area contributed by atoms with Gasteiger partial charge in [0.05, 0.1) is 11.3 Å². The lowest BCUT2D eigenvalue weighted by Crippen LogP contribution is -2.12. The van der Waals surface area contributed by atoms with Crippen LogP contribution >= 0.6 is 0 Å². The van der Waals surface area contributed by atoms with E-state index in [1.807, 2.05) is 13.8 Å². The molecule has 3 heterocycles. The van der Waals surface area contributed by atoms with Gasteiger partial charge >= 0.3 is 0 Å². The fourth-order valence-corrected chi connectivity index (χ4v) is 4.46. The third-order valence-corrected chi connectivity index (χ3v) is 6.44. The highest BCUT2D eigenvalue weighted by atomic mass is 32.2. The van der Waals surface area contributed by atoms with Crippen LogP contribution in [0.2, 0.25) is 0 Å². The van der Waals surface area contributed by atoms with Gasteiger partial charge in [0.1, 0.15) is 17.4 Å². The number of ether oxygens (including phenoxy) is 1. The molecule has 29 heavy (non-hydrogen) atoms. The van der Waals surface area contributed by atoms with Crippen LogP contribution in [0.1, 0.15) is 43.7 Å². The molecule has 0 saturated carbocycles. The Balaban J connectivity index is 1.70. The number of pyridine rings is 1. The topological polar surface area (TPSA) is 126 Å². The Labute approximate surface area is 170 Å². The number of rotatable bonds is 9. The molecule has 156 valence electrons. The lowest BCUT2D eigenvalue weighted by atomic mass is 10.2. The Morgan fingerprint density at radius 3 is 2.59 bits per heavy atom. The van der Waals surface area contributed by atoms with Crippen LogP contribution in [-0.2, 0) is 21.1 Å². The number of hydrogen-bond donors (Lipinski definition) is 1. The van der Waals surface area contributed by atoms with Gasteiger partial charge in [0.15, 0.2) is 5.82 Å². The van der Waals surface area contributed by atoms with E-state index in [0.717, 1.165) is 29.7 Å². The maximum Gasteiger partial charge on any atom is 0.246 e. The van der Waals surface area contributed by atoms with E-state index in [-0.39, 0.29) is 17.0 Å². The third kappa shape index (κ3) is 4.54. The van der Waals surface area contributed by atoms with Crippen LogP contribution in [0.3, 0.4) is 0 Å². The van der Waals surface area contributed by atoms with Gasteiger partial charge in [0.2, 0.25) is 15.0 Å². The number of unbranched alkanes of at least 4 members (excludes halogenated alkanes) is 2. The molecular formula is C19H26N6O3S. The van der Waals surface area contributed by atoms with Crippen LogP contribution in [0.25, 0.3) is 11.0 Å². The van der Waals surface area contributed by atoms with Gasteiger partial charge in [-0.25, -0.2) is 28.4 Å². The number of nitrogens with two attached hydrogens (primary N) is 1.